The monoisotopic (exact) mass is 398 g/mol. The van der Waals surface area contributed by atoms with E-state index in [0.717, 1.165) is 5.56 Å². The summed E-state index contributed by atoms with van der Waals surface area (Å²) in [5.74, 6) is 0.0756. The third kappa shape index (κ3) is 4.16. The standard InChI is InChI=1S/C20H19ClN4O3/c21-16-8-6-15(7-9-16)18(26)22-17(14-4-2-1-3-5-14)19-23-24-20(28-19)25-10-12-27-13-11-25/h1-9,17H,10-13H2,(H,22,26)/t17-/m0/s1. The maximum atomic E-state index is 12.8. The van der Waals surface area contributed by atoms with Gasteiger partial charge in [0.25, 0.3) is 5.91 Å². The Kier molecular flexibility index (Phi) is 5.55. The first-order valence-corrected chi connectivity index (χ1v) is 9.36. The highest BCUT2D eigenvalue weighted by Crippen LogP contribution is 2.25. The first kappa shape index (κ1) is 18.5. The van der Waals surface area contributed by atoms with Gasteiger partial charge in [0, 0.05) is 23.7 Å². The Balaban J connectivity index is 1.60. The molecule has 1 N–H and O–H groups in total. The normalized spacial score (nSPS) is 15.2. The number of halogens is 1. The molecule has 1 aliphatic rings. The van der Waals surface area contributed by atoms with E-state index in [-0.39, 0.29) is 5.91 Å². The van der Waals surface area contributed by atoms with E-state index < -0.39 is 6.04 Å². The number of ether oxygens (including phenoxy) is 1. The molecule has 1 fully saturated rings. The Morgan fingerprint density at radius 1 is 1.04 bits per heavy atom. The van der Waals surface area contributed by atoms with E-state index >= 15 is 0 Å². The van der Waals surface area contributed by atoms with Crippen LogP contribution in [0.25, 0.3) is 0 Å². The summed E-state index contributed by atoms with van der Waals surface area (Å²) in [4.78, 5) is 14.7. The lowest BCUT2D eigenvalue weighted by Gasteiger charge is -2.24. The molecule has 1 saturated heterocycles. The van der Waals surface area contributed by atoms with Crippen LogP contribution in [0.1, 0.15) is 27.9 Å². The SMILES string of the molecule is O=C(N[C@@H](c1ccccc1)c1nnc(N2CCOCC2)o1)c1ccc(Cl)cc1. The predicted molar refractivity (Wildman–Crippen MR) is 105 cm³/mol. The molecule has 144 valence electrons. The second-order valence-electron chi connectivity index (χ2n) is 6.35. The number of nitrogens with one attached hydrogen (secondary N) is 1. The molecule has 0 unspecified atom stereocenters. The van der Waals surface area contributed by atoms with Gasteiger partial charge >= 0.3 is 6.01 Å². The number of amides is 1. The Morgan fingerprint density at radius 2 is 1.75 bits per heavy atom. The molecule has 0 aliphatic carbocycles. The summed E-state index contributed by atoms with van der Waals surface area (Å²) >= 11 is 5.91. The zero-order valence-electron chi connectivity index (χ0n) is 15.0. The van der Waals surface area contributed by atoms with Crippen molar-refractivity contribution in [1.29, 1.82) is 0 Å². The summed E-state index contributed by atoms with van der Waals surface area (Å²) in [6, 6.07) is 16.1. The first-order valence-electron chi connectivity index (χ1n) is 8.98. The second-order valence-corrected chi connectivity index (χ2v) is 6.78. The highest BCUT2D eigenvalue weighted by atomic mass is 35.5. The molecule has 0 bridgehead atoms. The fraction of sp³-hybridized carbons (Fsp3) is 0.250. The van der Waals surface area contributed by atoms with Crippen molar-refractivity contribution in [3.8, 4) is 0 Å². The van der Waals surface area contributed by atoms with Crippen LogP contribution in [0.4, 0.5) is 6.01 Å². The van der Waals surface area contributed by atoms with Crippen molar-refractivity contribution in [1.82, 2.24) is 15.5 Å². The molecule has 4 rings (SSSR count). The Labute approximate surface area is 167 Å². The number of hydrogen-bond acceptors (Lipinski definition) is 6. The molecular weight excluding hydrogens is 380 g/mol. The van der Waals surface area contributed by atoms with Crippen LogP contribution in [0.2, 0.25) is 5.02 Å². The minimum absolute atomic E-state index is 0.253. The second kappa shape index (κ2) is 8.41. The molecule has 8 heteroatoms. The fourth-order valence-electron chi connectivity index (χ4n) is 2.97. The van der Waals surface area contributed by atoms with Gasteiger partial charge in [0.2, 0.25) is 5.89 Å². The van der Waals surface area contributed by atoms with Gasteiger partial charge in [0.05, 0.1) is 13.2 Å². The van der Waals surface area contributed by atoms with Gasteiger partial charge in [-0.2, -0.15) is 0 Å². The number of anilines is 1. The molecule has 0 radical (unpaired) electrons. The van der Waals surface area contributed by atoms with E-state index in [0.29, 0.717) is 48.8 Å². The average molecular weight is 399 g/mol. The van der Waals surface area contributed by atoms with Crippen molar-refractivity contribution in [2.45, 2.75) is 6.04 Å². The van der Waals surface area contributed by atoms with Crippen LogP contribution in [0, 0.1) is 0 Å². The van der Waals surface area contributed by atoms with E-state index in [2.05, 4.69) is 15.5 Å². The van der Waals surface area contributed by atoms with Crippen molar-refractivity contribution < 1.29 is 13.9 Å². The number of morpholine rings is 1. The quantitative estimate of drug-likeness (QED) is 0.711. The molecule has 2 heterocycles. The van der Waals surface area contributed by atoms with E-state index in [1.165, 1.54) is 0 Å². The Hall–Kier alpha value is -2.90. The molecule has 2 aromatic carbocycles. The zero-order valence-corrected chi connectivity index (χ0v) is 15.8. The van der Waals surface area contributed by atoms with Crippen LogP contribution in [0.3, 0.4) is 0 Å². The van der Waals surface area contributed by atoms with E-state index in [4.69, 9.17) is 20.8 Å². The van der Waals surface area contributed by atoms with Crippen LogP contribution >= 0.6 is 11.6 Å². The predicted octanol–water partition coefficient (Wildman–Crippen LogP) is 3.08. The van der Waals surface area contributed by atoms with Gasteiger partial charge in [-0.15, -0.1) is 5.10 Å². The van der Waals surface area contributed by atoms with Crippen LogP contribution in [-0.4, -0.2) is 42.4 Å². The van der Waals surface area contributed by atoms with E-state index in [9.17, 15) is 4.79 Å². The molecule has 28 heavy (non-hydrogen) atoms. The number of hydrogen-bond donors (Lipinski definition) is 1. The third-order valence-corrected chi connectivity index (χ3v) is 4.73. The zero-order chi connectivity index (χ0) is 19.3. The summed E-state index contributed by atoms with van der Waals surface area (Å²) in [6.07, 6.45) is 0. The minimum atomic E-state index is -0.563. The number of benzene rings is 2. The maximum Gasteiger partial charge on any atom is 0.318 e. The van der Waals surface area contributed by atoms with Gasteiger partial charge in [-0.05, 0) is 29.8 Å². The summed E-state index contributed by atoms with van der Waals surface area (Å²) in [7, 11) is 0. The molecule has 1 aromatic heterocycles. The third-order valence-electron chi connectivity index (χ3n) is 4.47. The highest BCUT2D eigenvalue weighted by Gasteiger charge is 2.25. The molecule has 1 atom stereocenters. The smallest absolute Gasteiger partial charge is 0.318 e. The average Bonchev–Trinajstić information content (AvgIpc) is 3.23. The lowest BCUT2D eigenvalue weighted by Crippen LogP contribution is -2.36. The molecule has 0 saturated carbocycles. The topological polar surface area (TPSA) is 80.5 Å². The molecule has 7 nitrogen and oxygen atoms in total. The Bertz CT molecular complexity index is 924. The van der Waals surface area contributed by atoms with Crippen molar-refractivity contribution in [2.24, 2.45) is 0 Å². The van der Waals surface area contributed by atoms with Crippen LogP contribution < -0.4 is 10.2 Å². The van der Waals surface area contributed by atoms with Gasteiger partial charge in [0.1, 0.15) is 6.04 Å². The number of carbonyl (C=O) groups is 1. The van der Waals surface area contributed by atoms with Crippen molar-refractivity contribution in [3.63, 3.8) is 0 Å². The number of rotatable bonds is 5. The van der Waals surface area contributed by atoms with Gasteiger partial charge < -0.3 is 19.4 Å². The fourth-order valence-corrected chi connectivity index (χ4v) is 3.10. The largest absolute Gasteiger partial charge is 0.405 e. The number of carbonyl (C=O) groups excluding carboxylic acids is 1. The maximum absolute atomic E-state index is 12.8. The first-order chi connectivity index (χ1) is 13.7. The van der Waals surface area contributed by atoms with Gasteiger partial charge in [0.15, 0.2) is 0 Å². The van der Waals surface area contributed by atoms with E-state index in [1.54, 1.807) is 24.3 Å². The van der Waals surface area contributed by atoms with Crippen molar-refractivity contribution in [3.05, 3.63) is 76.6 Å². The molecule has 1 amide bonds. The lowest BCUT2D eigenvalue weighted by molar-refractivity contribution is 0.0937. The molecule has 0 spiro atoms. The van der Waals surface area contributed by atoms with Gasteiger partial charge in [-0.1, -0.05) is 47.0 Å². The van der Waals surface area contributed by atoms with Crippen molar-refractivity contribution >= 4 is 23.5 Å². The molecule has 1 aliphatic heterocycles. The summed E-state index contributed by atoms with van der Waals surface area (Å²) < 4.78 is 11.3. The molecule has 3 aromatic rings. The summed E-state index contributed by atoms with van der Waals surface area (Å²) in [6.45, 7) is 2.61. The van der Waals surface area contributed by atoms with E-state index in [1.807, 2.05) is 35.2 Å². The lowest BCUT2D eigenvalue weighted by atomic mass is 10.1. The van der Waals surface area contributed by atoms with Crippen molar-refractivity contribution in [2.75, 3.05) is 31.2 Å². The van der Waals surface area contributed by atoms with Gasteiger partial charge in [-0.25, -0.2) is 0 Å². The Morgan fingerprint density at radius 3 is 2.46 bits per heavy atom. The van der Waals surface area contributed by atoms with Crippen LogP contribution in [0.5, 0.6) is 0 Å². The van der Waals surface area contributed by atoms with Gasteiger partial charge in [-0.3, -0.25) is 4.79 Å². The minimum Gasteiger partial charge on any atom is -0.405 e. The molecular formula is C20H19ClN4O3. The number of nitrogens with zero attached hydrogens (tertiary/aromatic N) is 3. The van der Waals surface area contributed by atoms with Crippen LogP contribution in [-0.2, 0) is 4.74 Å². The highest BCUT2D eigenvalue weighted by molar-refractivity contribution is 6.30. The number of aromatic nitrogens is 2. The van der Waals surface area contributed by atoms with Crippen LogP contribution in [0.15, 0.2) is 59.0 Å². The summed E-state index contributed by atoms with van der Waals surface area (Å²) in [5.41, 5.74) is 1.35. The summed E-state index contributed by atoms with van der Waals surface area (Å²) in [5, 5.41) is 11.9.